The van der Waals surface area contributed by atoms with Crippen molar-refractivity contribution in [2.45, 2.75) is 27.3 Å². The van der Waals surface area contributed by atoms with Crippen LogP contribution in [0.25, 0.3) is 22.2 Å². The van der Waals surface area contributed by atoms with Crippen LogP contribution in [0, 0.1) is 26.6 Å². The fourth-order valence-corrected chi connectivity index (χ4v) is 4.29. The molecule has 162 valence electrons. The van der Waals surface area contributed by atoms with Crippen LogP contribution in [0.2, 0.25) is 0 Å². The van der Waals surface area contributed by atoms with Crippen molar-refractivity contribution in [1.29, 1.82) is 0 Å². The summed E-state index contributed by atoms with van der Waals surface area (Å²) >= 11 is 0. The molecule has 2 heterocycles. The lowest BCUT2D eigenvalue weighted by molar-refractivity contribution is 0.0732. The number of imidazole rings is 1. The van der Waals surface area contributed by atoms with E-state index >= 15 is 0 Å². The van der Waals surface area contributed by atoms with Gasteiger partial charge in [0.1, 0.15) is 24.0 Å². The third-order valence-corrected chi connectivity index (χ3v) is 6.07. The van der Waals surface area contributed by atoms with E-state index in [1.807, 2.05) is 31.2 Å². The van der Waals surface area contributed by atoms with E-state index < -0.39 is 0 Å². The number of ether oxygens (including phenoxy) is 1. The summed E-state index contributed by atoms with van der Waals surface area (Å²) in [4.78, 5) is 22.7. The Balaban J connectivity index is 1.48. The van der Waals surface area contributed by atoms with Gasteiger partial charge < -0.3 is 14.6 Å². The number of amides is 1. The number of hydrogen-bond donors (Lipinski definition) is 1. The number of H-pyrrole nitrogens is 1. The molecule has 0 unspecified atom stereocenters. The van der Waals surface area contributed by atoms with Gasteiger partial charge in [0, 0.05) is 17.7 Å². The first-order chi connectivity index (χ1) is 15.4. The van der Waals surface area contributed by atoms with Crippen LogP contribution in [0.4, 0.5) is 4.39 Å². The van der Waals surface area contributed by atoms with Gasteiger partial charge in [0.05, 0.1) is 17.6 Å². The normalized spacial score (nSPS) is 13.6. The van der Waals surface area contributed by atoms with Gasteiger partial charge in [-0.05, 0) is 73.4 Å². The number of aromatic amines is 1. The summed E-state index contributed by atoms with van der Waals surface area (Å²) in [5.74, 6) is 1.14. The van der Waals surface area contributed by atoms with E-state index in [2.05, 4.69) is 22.1 Å². The van der Waals surface area contributed by atoms with Crippen molar-refractivity contribution >= 4 is 16.9 Å². The molecule has 32 heavy (non-hydrogen) atoms. The van der Waals surface area contributed by atoms with Gasteiger partial charge in [-0.2, -0.15) is 0 Å². The fourth-order valence-electron chi connectivity index (χ4n) is 4.29. The number of carbonyl (C=O) groups is 1. The van der Waals surface area contributed by atoms with Crippen molar-refractivity contribution in [1.82, 2.24) is 14.9 Å². The van der Waals surface area contributed by atoms with Gasteiger partial charge in [0.25, 0.3) is 5.91 Å². The first kappa shape index (κ1) is 20.2. The summed E-state index contributed by atoms with van der Waals surface area (Å²) in [7, 11) is 0. The van der Waals surface area contributed by atoms with E-state index in [1.54, 1.807) is 30.9 Å². The Kier molecular flexibility index (Phi) is 4.93. The Labute approximate surface area is 185 Å². The number of nitrogens with one attached hydrogen (secondary N) is 1. The molecule has 6 heteroatoms. The monoisotopic (exact) mass is 429 g/mol. The number of halogens is 1. The lowest BCUT2D eigenvalue weighted by Crippen LogP contribution is -2.33. The Bertz CT molecular complexity index is 1360. The van der Waals surface area contributed by atoms with Crippen LogP contribution < -0.4 is 4.74 Å². The third kappa shape index (κ3) is 3.51. The molecule has 0 atom stereocenters. The molecule has 0 saturated heterocycles. The molecule has 0 spiro atoms. The average Bonchev–Trinajstić information content (AvgIpc) is 3.02. The average molecular weight is 429 g/mol. The second-order valence-corrected chi connectivity index (χ2v) is 8.32. The highest BCUT2D eigenvalue weighted by Gasteiger charge is 2.24. The minimum Gasteiger partial charge on any atom is -0.491 e. The van der Waals surface area contributed by atoms with Gasteiger partial charge >= 0.3 is 0 Å². The Morgan fingerprint density at radius 3 is 2.69 bits per heavy atom. The second kappa shape index (κ2) is 7.79. The van der Waals surface area contributed by atoms with Crippen molar-refractivity contribution in [3.8, 4) is 16.9 Å². The fraction of sp³-hybridized carbons (Fsp3) is 0.231. The van der Waals surface area contributed by atoms with Crippen molar-refractivity contribution < 1.29 is 13.9 Å². The van der Waals surface area contributed by atoms with Crippen LogP contribution in [-0.4, -0.2) is 33.9 Å². The number of fused-ring (bicyclic) bond motifs is 2. The van der Waals surface area contributed by atoms with E-state index in [1.165, 1.54) is 0 Å². The molecule has 1 amide bonds. The van der Waals surface area contributed by atoms with E-state index in [0.29, 0.717) is 36.4 Å². The van der Waals surface area contributed by atoms with Crippen LogP contribution in [0.5, 0.6) is 5.75 Å². The molecular formula is C26H24FN3O2. The molecule has 1 aromatic heterocycles. The first-order valence-electron chi connectivity index (χ1n) is 10.7. The number of rotatable bonds is 2. The number of hydrogen-bond acceptors (Lipinski definition) is 3. The molecule has 1 N–H and O–H groups in total. The number of nitrogens with zero attached hydrogens (tertiary/aromatic N) is 2. The predicted octanol–water partition coefficient (Wildman–Crippen LogP) is 5.33. The SMILES string of the molecule is Cc1nc2ccc(-c3ccc4c(c3)CN(C(=O)c3ccc(C)c(F)c3C)CCO4)cc2[nH]1. The van der Waals surface area contributed by atoms with Crippen molar-refractivity contribution in [3.63, 3.8) is 0 Å². The summed E-state index contributed by atoms with van der Waals surface area (Å²) in [6.45, 7) is 6.54. The molecule has 4 aromatic rings. The van der Waals surface area contributed by atoms with Gasteiger partial charge in [-0.15, -0.1) is 0 Å². The lowest BCUT2D eigenvalue weighted by atomic mass is 10.0. The number of aromatic nitrogens is 2. The summed E-state index contributed by atoms with van der Waals surface area (Å²) in [6, 6.07) is 15.5. The number of aryl methyl sites for hydroxylation is 2. The lowest BCUT2D eigenvalue weighted by Gasteiger charge is -2.21. The largest absolute Gasteiger partial charge is 0.491 e. The zero-order chi connectivity index (χ0) is 22.4. The highest BCUT2D eigenvalue weighted by molar-refractivity contribution is 5.96. The molecule has 1 aliphatic heterocycles. The Hall–Kier alpha value is -3.67. The minimum atomic E-state index is -0.325. The maximum Gasteiger partial charge on any atom is 0.254 e. The smallest absolute Gasteiger partial charge is 0.254 e. The van der Waals surface area contributed by atoms with E-state index in [9.17, 15) is 9.18 Å². The van der Waals surface area contributed by atoms with Crippen LogP contribution in [0.1, 0.15) is 32.9 Å². The quantitative estimate of drug-likeness (QED) is 0.469. The molecule has 3 aromatic carbocycles. The Morgan fingerprint density at radius 1 is 1.06 bits per heavy atom. The van der Waals surface area contributed by atoms with Crippen molar-refractivity contribution in [3.05, 3.63) is 82.4 Å². The topological polar surface area (TPSA) is 58.2 Å². The molecule has 5 nitrogen and oxygen atoms in total. The number of benzene rings is 3. The third-order valence-electron chi connectivity index (χ3n) is 6.07. The van der Waals surface area contributed by atoms with E-state index in [0.717, 1.165) is 39.3 Å². The van der Waals surface area contributed by atoms with Gasteiger partial charge in [-0.3, -0.25) is 4.79 Å². The highest BCUT2D eigenvalue weighted by Crippen LogP contribution is 2.31. The standard InChI is InChI=1S/C26H24FN3O2/c1-15-4-7-21(16(2)25(15)27)26(31)30-10-11-32-24-9-6-18(12-20(24)14-30)19-5-8-22-23(13-19)29-17(3)28-22/h4-9,12-13H,10-11,14H2,1-3H3,(H,28,29). The molecule has 1 aliphatic rings. The van der Waals surface area contributed by atoms with Crippen molar-refractivity contribution in [2.24, 2.45) is 0 Å². The Morgan fingerprint density at radius 2 is 1.84 bits per heavy atom. The molecule has 5 rings (SSSR count). The molecule has 0 fully saturated rings. The second-order valence-electron chi connectivity index (χ2n) is 8.32. The molecule has 0 saturated carbocycles. The van der Waals surface area contributed by atoms with E-state index in [4.69, 9.17) is 4.74 Å². The zero-order valence-electron chi connectivity index (χ0n) is 18.3. The summed E-state index contributed by atoms with van der Waals surface area (Å²) in [5, 5.41) is 0. The minimum absolute atomic E-state index is 0.183. The van der Waals surface area contributed by atoms with Crippen LogP contribution >= 0.6 is 0 Å². The van der Waals surface area contributed by atoms with Gasteiger partial charge in [-0.1, -0.05) is 18.2 Å². The van der Waals surface area contributed by atoms with Gasteiger partial charge in [0.15, 0.2) is 0 Å². The van der Waals surface area contributed by atoms with Crippen LogP contribution in [0.3, 0.4) is 0 Å². The molecule has 0 radical (unpaired) electrons. The molecular weight excluding hydrogens is 405 g/mol. The predicted molar refractivity (Wildman–Crippen MR) is 122 cm³/mol. The van der Waals surface area contributed by atoms with E-state index in [-0.39, 0.29) is 11.7 Å². The zero-order valence-corrected chi connectivity index (χ0v) is 18.3. The van der Waals surface area contributed by atoms with Gasteiger partial charge in [-0.25, -0.2) is 9.37 Å². The van der Waals surface area contributed by atoms with Crippen LogP contribution in [0.15, 0.2) is 48.5 Å². The maximum absolute atomic E-state index is 14.4. The molecule has 0 aliphatic carbocycles. The summed E-state index contributed by atoms with van der Waals surface area (Å²) in [6.07, 6.45) is 0. The highest BCUT2D eigenvalue weighted by atomic mass is 19.1. The number of carbonyl (C=O) groups excluding carboxylic acids is 1. The van der Waals surface area contributed by atoms with Gasteiger partial charge in [0.2, 0.25) is 0 Å². The summed E-state index contributed by atoms with van der Waals surface area (Å²) in [5.41, 5.74) is 6.26. The molecule has 0 bridgehead atoms. The van der Waals surface area contributed by atoms with Crippen LogP contribution in [-0.2, 0) is 6.54 Å². The first-order valence-corrected chi connectivity index (χ1v) is 10.7. The maximum atomic E-state index is 14.4. The summed E-state index contributed by atoms with van der Waals surface area (Å²) < 4.78 is 20.3. The van der Waals surface area contributed by atoms with Crippen molar-refractivity contribution in [2.75, 3.05) is 13.2 Å².